The summed E-state index contributed by atoms with van der Waals surface area (Å²) in [6.45, 7) is 4.42. The maximum absolute atomic E-state index is 12.5. The topological polar surface area (TPSA) is 76.1 Å². The van der Waals surface area contributed by atoms with Gasteiger partial charge in [0.1, 0.15) is 23.6 Å². The Kier molecular flexibility index (Phi) is 6.45. The van der Waals surface area contributed by atoms with E-state index in [0.717, 1.165) is 11.3 Å². The van der Waals surface area contributed by atoms with Crippen LogP contribution >= 0.6 is 11.6 Å². The number of carbonyl (C=O) groups excluding carboxylic acids is 1. The number of nitrogens with zero attached hydrogens (tertiary/aromatic N) is 2. The molecule has 1 aromatic heterocycles. The molecule has 144 valence electrons. The van der Waals surface area contributed by atoms with E-state index in [-0.39, 0.29) is 17.7 Å². The van der Waals surface area contributed by atoms with Gasteiger partial charge in [0.05, 0.1) is 6.10 Å². The normalized spacial score (nSPS) is 10.6. The standard InChI is InChI=1S/C21H21ClN4O2/c1-14(2)28-17-9-7-16(8-10-17)26-21(27)19-11-20(25-13-24-19)23-12-15-5-3-4-6-18(15)22/h3-11,13-14H,12H2,1-2H3,(H,26,27)(H,23,24,25). The van der Waals surface area contributed by atoms with Crippen molar-refractivity contribution in [3.05, 3.63) is 77.2 Å². The molecular weight excluding hydrogens is 376 g/mol. The molecule has 0 atom stereocenters. The Labute approximate surface area is 168 Å². The first-order valence-corrected chi connectivity index (χ1v) is 9.26. The SMILES string of the molecule is CC(C)Oc1ccc(NC(=O)c2cc(NCc3ccccc3Cl)ncn2)cc1. The van der Waals surface area contributed by atoms with Gasteiger partial charge in [0.2, 0.25) is 0 Å². The Morgan fingerprint density at radius 3 is 2.57 bits per heavy atom. The van der Waals surface area contributed by atoms with Crippen molar-refractivity contribution in [3.63, 3.8) is 0 Å². The molecule has 0 fully saturated rings. The van der Waals surface area contributed by atoms with Crippen molar-refractivity contribution in [2.24, 2.45) is 0 Å². The number of anilines is 2. The maximum atomic E-state index is 12.5. The Morgan fingerprint density at radius 1 is 1.11 bits per heavy atom. The van der Waals surface area contributed by atoms with Crippen molar-refractivity contribution in [2.45, 2.75) is 26.5 Å². The summed E-state index contributed by atoms with van der Waals surface area (Å²) in [7, 11) is 0. The van der Waals surface area contributed by atoms with Crippen molar-refractivity contribution in [1.82, 2.24) is 9.97 Å². The number of nitrogens with one attached hydrogen (secondary N) is 2. The molecule has 3 rings (SSSR count). The van der Waals surface area contributed by atoms with Gasteiger partial charge in [-0.3, -0.25) is 4.79 Å². The highest BCUT2D eigenvalue weighted by molar-refractivity contribution is 6.31. The Hall–Kier alpha value is -3.12. The van der Waals surface area contributed by atoms with Crippen molar-refractivity contribution in [2.75, 3.05) is 10.6 Å². The van der Waals surface area contributed by atoms with Crippen molar-refractivity contribution in [1.29, 1.82) is 0 Å². The summed E-state index contributed by atoms with van der Waals surface area (Å²) in [6, 6.07) is 16.3. The minimum absolute atomic E-state index is 0.0955. The summed E-state index contributed by atoms with van der Waals surface area (Å²) in [4.78, 5) is 20.7. The Morgan fingerprint density at radius 2 is 1.86 bits per heavy atom. The molecule has 0 aliphatic rings. The lowest BCUT2D eigenvalue weighted by Gasteiger charge is -2.11. The van der Waals surface area contributed by atoms with Gasteiger partial charge in [0.25, 0.3) is 5.91 Å². The molecule has 0 aliphatic heterocycles. The van der Waals surface area contributed by atoms with Gasteiger partial charge in [-0.15, -0.1) is 0 Å². The van der Waals surface area contributed by atoms with Crippen LogP contribution in [0.2, 0.25) is 5.02 Å². The smallest absolute Gasteiger partial charge is 0.274 e. The van der Waals surface area contributed by atoms with Crippen LogP contribution in [0, 0.1) is 0 Å². The van der Waals surface area contributed by atoms with E-state index < -0.39 is 0 Å². The monoisotopic (exact) mass is 396 g/mol. The van der Waals surface area contributed by atoms with Gasteiger partial charge < -0.3 is 15.4 Å². The van der Waals surface area contributed by atoms with Crippen LogP contribution in [0.5, 0.6) is 5.75 Å². The van der Waals surface area contributed by atoms with Crippen LogP contribution in [0.4, 0.5) is 11.5 Å². The van der Waals surface area contributed by atoms with E-state index in [1.807, 2.05) is 50.2 Å². The van der Waals surface area contributed by atoms with E-state index in [0.29, 0.717) is 23.1 Å². The fourth-order valence-electron chi connectivity index (χ4n) is 2.49. The summed E-state index contributed by atoms with van der Waals surface area (Å²) in [6.07, 6.45) is 1.45. The Balaban J connectivity index is 1.62. The summed E-state index contributed by atoms with van der Waals surface area (Å²) >= 11 is 6.16. The van der Waals surface area contributed by atoms with Crippen LogP contribution in [0.15, 0.2) is 60.9 Å². The molecule has 2 aromatic carbocycles. The number of ether oxygens (including phenoxy) is 1. The van der Waals surface area contributed by atoms with Gasteiger partial charge in [-0.2, -0.15) is 0 Å². The predicted molar refractivity (Wildman–Crippen MR) is 111 cm³/mol. The first-order valence-electron chi connectivity index (χ1n) is 8.88. The lowest BCUT2D eigenvalue weighted by molar-refractivity contribution is 0.102. The number of hydrogen-bond donors (Lipinski definition) is 2. The second-order valence-corrected chi connectivity index (χ2v) is 6.79. The molecule has 3 aromatic rings. The molecule has 7 heteroatoms. The third kappa shape index (κ3) is 5.44. The minimum Gasteiger partial charge on any atom is -0.491 e. The van der Waals surface area contributed by atoms with Gasteiger partial charge in [0.15, 0.2) is 0 Å². The summed E-state index contributed by atoms with van der Waals surface area (Å²) in [5.41, 5.74) is 1.86. The second-order valence-electron chi connectivity index (χ2n) is 6.38. The molecule has 0 unspecified atom stereocenters. The minimum atomic E-state index is -0.319. The molecule has 0 saturated heterocycles. The van der Waals surface area contributed by atoms with Crippen LogP contribution in [0.25, 0.3) is 0 Å². The summed E-state index contributed by atoms with van der Waals surface area (Å²) < 4.78 is 5.60. The van der Waals surface area contributed by atoms with Crippen LogP contribution in [0.3, 0.4) is 0 Å². The molecule has 0 bridgehead atoms. The lowest BCUT2D eigenvalue weighted by Crippen LogP contribution is -2.14. The van der Waals surface area contributed by atoms with Gasteiger partial charge in [-0.1, -0.05) is 29.8 Å². The van der Waals surface area contributed by atoms with Crippen molar-refractivity contribution < 1.29 is 9.53 Å². The van der Waals surface area contributed by atoms with Gasteiger partial charge >= 0.3 is 0 Å². The quantitative estimate of drug-likeness (QED) is 0.601. The van der Waals surface area contributed by atoms with Crippen LogP contribution in [0.1, 0.15) is 29.9 Å². The molecular formula is C21H21ClN4O2. The molecule has 28 heavy (non-hydrogen) atoms. The fraction of sp³-hybridized carbons (Fsp3) is 0.190. The highest BCUT2D eigenvalue weighted by Gasteiger charge is 2.10. The molecule has 1 heterocycles. The van der Waals surface area contributed by atoms with Gasteiger partial charge in [-0.05, 0) is 49.7 Å². The number of carbonyl (C=O) groups is 1. The average Bonchev–Trinajstić information content (AvgIpc) is 2.69. The molecule has 1 amide bonds. The molecule has 2 N–H and O–H groups in total. The fourth-order valence-corrected chi connectivity index (χ4v) is 2.69. The number of aromatic nitrogens is 2. The van der Waals surface area contributed by atoms with E-state index in [1.54, 1.807) is 18.2 Å². The van der Waals surface area contributed by atoms with E-state index >= 15 is 0 Å². The maximum Gasteiger partial charge on any atom is 0.274 e. The first kappa shape index (κ1) is 19.6. The van der Waals surface area contributed by atoms with Crippen molar-refractivity contribution in [3.8, 4) is 5.75 Å². The number of benzene rings is 2. The van der Waals surface area contributed by atoms with Gasteiger partial charge in [-0.25, -0.2) is 9.97 Å². The zero-order valence-electron chi connectivity index (χ0n) is 15.6. The average molecular weight is 397 g/mol. The van der Waals surface area contributed by atoms with Crippen molar-refractivity contribution >= 4 is 29.0 Å². The summed E-state index contributed by atoms with van der Waals surface area (Å²) in [5.74, 6) is 0.975. The molecule has 0 radical (unpaired) electrons. The third-order valence-corrected chi connectivity index (χ3v) is 4.17. The molecule has 0 aliphatic carbocycles. The van der Waals surface area contributed by atoms with Crippen LogP contribution < -0.4 is 15.4 Å². The first-order chi connectivity index (χ1) is 13.5. The molecule has 6 nitrogen and oxygen atoms in total. The van der Waals surface area contributed by atoms with E-state index in [4.69, 9.17) is 16.3 Å². The van der Waals surface area contributed by atoms with E-state index in [2.05, 4.69) is 20.6 Å². The number of halogens is 1. The van der Waals surface area contributed by atoms with Crippen LogP contribution in [-0.2, 0) is 6.54 Å². The highest BCUT2D eigenvalue weighted by Crippen LogP contribution is 2.18. The molecule has 0 saturated carbocycles. The third-order valence-electron chi connectivity index (χ3n) is 3.80. The predicted octanol–water partition coefficient (Wildman–Crippen LogP) is 4.78. The largest absolute Gasteiger partial charge is 0.491 e. The number of amides is 1. The zero-order chi connectivity index (χ0) is 19.9. The van der Waals surface area contributed by atoms with Crippen LogP contribution in [-0.4, -0.2) is 22.0 Å². The van der Waals surface area contributed by atoms with Gasteiger partial charge in [0, 0.05) is 23.3 Å². The Bertz CT molecular complexity index is 945. The van der Waals surface area contributed by atoms with E-state index in [9.17, 15) is 4.79 Å². The second kappa shape index (κ2) is 9.19. The van der Waals surface area contributed by atoms with E-state index in [1.165, 1.54) is 6.33 Å². The molecule has 0 spiro atoms. The highest BCUT2D eigenvalue weighted by atomic mass is 35.5. The lowest BCUT2D eigenvalue weighted by atomic mass is 10.2. The number of hydrogen-bond acceptors (Lipinski definition) is 5. The summed E-state index contributed by atoms with van der Waals surface area (Å²) in [5, 5.41) is 6.64. The zero-order valence-corrected chi connectivity index (χ0v) is 16.4. The number of rotatable bonds is 7.